The topological polar surface area (TPSA) is 201 Å². The van der Waals surface area contributed by atoms with Gasteiger partial charge in [0.25, 0.3) is 0 Å². The van der Waals surface area contributed by atoms with Gasteiger partial charge in [0.1, 0.15) is 0 Å². The van der Waals surface area contributed by atoms with E-state index in [9.17, 15) is 25.9 Å². The summed E-state index contributed by atoms with van der Waals surface area (Å²) in [5.41, 5.74) is 18.9. The van der Waals surface area contributed by atoms with Gasteiger partial charge in [-0.05, 0) is 129 Å². The van der Waals surface area contributed by atoms with Crippen LogP contribution in [0.1, 0.15) is 44.1 Å². The summed E-state index contributed by atoms with van der Waals surface area (Å²) in [7, 11) is -10.3. The van der Waals surface area contributed by atoms with E-state index in [0.29, 0.717) is 19.4 Å². The van der Waals surface area contributed by atoms with Crippen LogP contribution < -0.4 is 0 Å². The Morgan fingerprint density at radius 1 is 0.381 bits per heavy atom. The number of fused-ring (bicyclic) bond motifs is 9. The molecule has 6 aromatic heterocycles. The Morgan fingerprint density at radius 2 is 0.695 bits per heavy atom. The van der Waals surface area contributed by atoms with Crippen molar-refractivity contribution in [2.45, 2.75) is 96.3 Å². The van der Waals surface area contributed by atoms with Crippen molar-refractivity contribution in [2.75, 3.05) is 24.7 Å². The Kier molecular flexibility index (Phi) is 29.1. The second-order valence-electron chi connectivity index (χ2n) is 28.0. The molecule has 0 aliphatic heterocycles. The number of unbranched alkanes of at least 4 members (excludes halogenated alkanes) is 3. The third-order valence-corrected chi connectivity index (χ3v) is 22.9. The molecule has 105 heavy (non-hydrogen) atoms. The largest absolute Gasteiger partial charge is 3.00 e. The van der Waals surface area contributed by atoms with Gasteiger partial charge >= 0.3 is 19.5 Å². The van der Waals surface area contributed by atoms with Crippen molar-refractivity contribution in [2.24, 2.45) is 0 Å². The van der Waals surface area contributed by atoms with Crippen LogP contribution in [0.4, 0.5) is 0 Å². The van der Waals surface area contributed by atoms with Gasteiger partial charge in [-0.1, -0.05) is 252 Å². The fourth-order valence-corrected chi connectivity index (χ4v) is 16.5. The number of hydrogen-bond donors (Lipinski definition) is 0. The summed E-state index contributed by atoms with van der Waals surface area (Å²) in [4.78, 5) is 27.8. The van der Waals surface area contributed by atoms with Crippen molar-refractivity contribution in [1.29, 1.82) is 0 Å². The summed E-state index contributed by atoms with van der Waals surface area (Å²) in [5, 5.41) is 6.64. The second-order valence-corrected chi connectivity index (χ2v) is 42.3. The molecule has 14 rings (SSSR count). The van der Waals surface area contributed by atoms with E-state index >= 15 is 0 Å². The maximum atomic E-state index is 10.2. The fourth-order valence-electron chi connectivity index (χ4n) is 12.5. The van der Waals surface area contributed by atoms with Crippen LogP contribution in [0, 0.1) is 6.07 Å². The van der Waals surface area contributed by atoms with E-state index in [4.69, 9.17) is 4.74 Å². The molecule has 0 fully saturated rings. The SMILES string of the molecule is C=CCOCCCCCCc1ccc(-c2ccnc3c2ccc2[c-]ccnc23)cc1.C[Si](C)(C)CCCS(=O)(=O)[O-].C[Si](C)(C)CCCS(=O)(=O)[O-].[Ru+3].c1ccc(-c2ccnc3c2ccc2c(-c4ccccc4)ccnc23)cc1.c1ccc(-c2ccnc3c2ccc2c(-c4ccccc4)ccnc23)cc1. The first-order valence-electron chi connectivity index (χ1n) is 35.4. The molecule has 0 bridgehead atoms. The maximum Gasteiger partial charge on any atom is 3.00 e. The van der Waals surface area contributed by atoms with Gasteiger partial charge in [-0.3, -0.25) is 24.9 Å². The zero-order valence-electron chi connectivity index (χ0n) is 60.4. The third kappa shape index (κ3) is 23.4. The monoisotopic (exact) mass is 1550 g/mol. The Hall–Kier alpha value is -9.20. The third-order valence-electron chi connectivity index (χ3n) is 17.6. The number of hydrogen-bond acceptors (Lipinski definition) is 13. The van der Waals surface area contributed by atoms with Crippen LogP contribution in [0.5, 0.6) is 0 Å². The van der Waals surface area contributed by atoms with E-state index in [0.717, 1.165) is 97.0 Å². The van der Waals surface area contributed by atoms with Crippen LogP contribution in [0.2, 0.25) is 51.4 Å². The Labute approximate surface area is 633 Å². The standard InChI is InChI=1S/C27H27N2O.2C24H16N2.2C6H16O3SSi.Ru/c1-2-19-30-20-6-4-3-5-8-21-10-12-22(13-11-21)24-16-18-29-27-25(24)15-14-23-9-7-17-28-26(23)27;2*1-3-7-17(8-4-1)19-13-15-25-23-21(19)11-12-22-20(14-16-26-24(22)23)18-9-5-2-6-10-18;2*1-11(2,3)6-4-5-10(7,8)9;/h2,7,10-18H,1,3-6,8,19-20H2;2*1-16H;2*4-6H2,1-3H3,(H,7,8,9);/q-1;;;;;+3/p-2. The van der Waals surface area contributed by atoms with Gasteiger partial charge in [0.2, 0.25) is 0 Å². The van der Waals surface area contributed by atoms with E-state index < -0.39 is 36.4 Å². The molecule has 0 amide bonds. The molecule has 0 N–H and O–H groups in total. The molecule has 1 radical (unpaired) electrons. The van der Waals surface area contributed by atoms with Gasteiger partial charge < -0.3 is 18.8 Å². The van der Waals surface area contributed by atoms with Gasteiger partial charge in [-0.15, -0.1) is 30.2 Å². The van der Waals surface area contributed by atoms with E-state index in [1.807, 2.05) is 61.3 Å². The molecular weight excluding hydrogens is 1460 g/mol. The average Bonchev–Trinajstić information content (AvgIpc) is 0.785. The predicted molar refractivity (Wildman–Crippen MR) is 435 cm³/mol. The number of benzene rings is 8. The van der Waals surface area contributed by atoms with Gasteiger partial charge in [-0.25, -0.2) is 16.8 Å². The van der Waals surface area contributed by atoms with Crippen LogP contribution in [0.25, 0.3) is 121 Å². The predicted octanol–water partition coefficient (Wildman–Crippen LogP) is 21.3. The molecule has 0 atom stereocenters. The zero-order valence-corrected chi connectivity index (χ0v) is 65.8. The van der Waals surface area contributed by atoms with E-state index in [1.165, 1.54) is 80.5 Å². The molecule has 0 spiro atoms. The number of aryl methyl sites for hydroxylation is 1. The molecule has 8 aromatic carbocycles. The van der Waals surface area contributed by atoms with Crippen LogP contribution in [-0.4, -0.2) is 96.7 Å². The van der Waals surface area contributed by atoms with Gasteiger partial charge in [0.15, 0.2) is 0 Å². The smallest absolute Gasteiger partial charge is 0.748 e. The van der Waals surface area contributed by atoms with Crippen LogP contribution >= 0.6 is 0 Å². The zero-order chi connectivity index (χ0) is 73.5. The van der Waals surface area contributed by atoms with Crippen LogP contribution in [0.3, 0.4) is 0 Å². The van der Waals surface area contributed by atoms with Crippen molar-refractivity contribution in [3.05, 3.63) is 280 Å². The maximum absolute atomic E-state index is 10.2. The quantitative estimate of drug-likeness (QED) is 0.0155. The Bertz CT molecular complexity index is 4950. The number of aromatic nitrogens is 6. The molecule has 0 unspecified atom stereocenters. The number of rotatable bonds is 22. The molecule has 0 saturated carbocycles. The van der Waals surface area contributed by atoms with E-state index in [1.54, 1.807) is 12.3 Å². The summed E-state index contributed by atoms with van der Waals surface area (Å²) in [6.45, 7) is 18.1. The molecule has 6 heterocycles. The van der Waals surface area contributed by atoms with Crippen molar-refractivity contribution in [3.8, 4) is 55.6 Å². The fraction of sp³-hybridized carbons (Fsp3) is 0.218. The van der Waals surface area contributed by atoms with Crippen molar-refractivity contribution in [3.63, 3.8) is 0 Å². The van der Waals surface area contributed by atoms with E-state index in [2.05, 4.69) is 270 Å². The summed E-state index contributed by atoms with van der Waals surface area (Å²) in [6, 6.07) is 80.8. The molecule has 14 aromatic rings. The van der Waals surface area contributed by atoms with Crippen molar-refractivity contribution in [1.82, 2.24) is 29.9 Å². The minimum Gasteiger partial charge on any atom is -0.748 e. The number of ether oxygens (including phenoxy) is 1. The summed E-state index contributed by atoms with van der Waals surface area (Å²) < 4.78 is 66.5. The molecule has 13 nitrogen and oxygen atoms in total. The molecule has 0 aliphatic rings. The van der Waals surface area contributed by atoms with Crippen LogP contribution in [0.15, 0.2) is 268 Å². The summed E-state index contributed by atoms with van der Waals surface area (Å²) >= 11 is 0. The first-order valence-corrected chi connectivity index (χ1v) is 45.9. The second kappa shape index (κ2) is 38.2. The van der Waals surface area contributed by atoms with Crippen LogP contribution in [-0.2, 0) is 50.9 Å². The molecule has 0 aliphatic carbocycles. The summed E-state index contributed by atoms with van der Waals surface area (Å²) in [5.74, 6) is -0.394. The first-order chi connectivity index (χ1) is 50.1. The van der Waals surface area contributed by atoms with Crippen molar-refractivity contribution >= 4 is 102 Å². The Morgan fingerprint density at radius 3 is 1.03 bits per heavy atom. The van der Waals surface area contributed by atoms with E-state index in [-0.39, 0.29) is 31.0 Å². The summed E-state index contributed by atoms with van der Waals surface area (Å²) in [6.07, 6.45) is 19.9. The number of pyridine rings is 6. The number of nitrogens with zero attached hydrogens (tertiary/aromatic N) is 6. The molecule has 537 valence electrons. The first kappa shape index (κ1) is 79.9. The Balaban J connectivity index is 0.000000160. The van der Waals surface area contributed by atoms with Gasteiger partial charge in [0, 0.05) is 92.3 Å². The minimum atomic E-state index is -3.97. The molecular formula is C87H89N6O7RuS2Si2. The molecule has 0 saturated heterocycles. The van der Waals surface area contributed by atoms with Crippen molar-refractivity contribution < 1.29 is 50.2 Å². The minimum absolute atomic E-state index is 0. The van der Waals surface area contributed by atoms with Gasteiger partial charge in [0.05, 0.1) is 54.4 Å². The van der Waals surface area contributed by atoms with Gasteiger partial charge in [-0.2, -0.15) is 0 Å². The molecule has 18 heteroatoms. The average molecular weight is 1550 g/mol. The normalized spacial score (nSPS) is 11.5.